The molecule has 10 heteroatoms. The highest BCUT2D eigenvalue weighted by molar-refractivity contribution is 5.80. The molecule has 1 aliphatic heterocycles. The van der Waals surface area contributed by atoms with Crippen molar-refractivity contribution in [3.05, 3.63) is 82.7 Å². The number of terminal acetylenes is 1. The normalized spacial score (nSPS) is 23.9. The van der Waals surface area contributed by atoms with Crippen LogP contribution in [0.2, 0.25) is 0 Å². The van der Waals surface area contributed by atoms with Gasteiger partial charge in [-0.3, -0.25) is 14.2 Å². The van der Waals surface area contributed by atoms with Crippen LogP contribution in [-0.4, -0.2) is 49.8 Å². The number of nitrogens with two attached hydrogens (primary N) is 1. The van der Waals surface area contributed by atoms with E-state index in [4.69, 9.17) is 16.9 Å². The van der Waals surface area contributed by atoms with Crippen molar-refractivity contribution in [2.75, 3.05) is 18.8 Å². The van der Waals surface area contributed by atoms with Gasteiger partial charge in [-0.2, -0.15) is 0 Å². The van der Waals surface area contributed by atoms with E-state index in [1.807, 2.05) is 30.3 Å². The number of carbonyl (C=O) groups is 1. The van der Waals surface area contributed by atoms with Crippen molar-refractivity contribution in [3.8, 4) is 24.0 Å². The van der Waals surface area contributed by atoms with E-state index in [2.05, 4.69) is 10.9 Å². The van der Waals surface area contributed by atoms with E-state index in [0.717, 1.165) is 5.56 Å². The Hall–Kier alpha value is -4.23. The van der Waals surface area contributed by atoms with Gasteiger partial charge in [0, 0.05) is 25.4 Å². The third-order valence-corrected chi connectivity index (χ3v) is 8.22. The fourth-order valence-corrected chi connectivity index (χ4v) is 5.81. The molecule has 2 aliphatic rings. The molecular formula is C31H32F2N4O4. The molecule has 214 valence electrons. The molecule has 3 N–H and O–H groups in total. The second-order valence-corrected chi connectivity index (χ2v) is 11.0. The van der Waals surface area contributed by atoms with Crippen LogP contribution < -0.4 is 16.0 Å². The molecule has 3 aromatic rings. The quantitative estimate of drug-likeness (QED) is 0.439. The molecule has 0 spiro atoms. The van der Waals surface area contributed by atoms with Crippen molar-refractivity contribution in [2.24, 2.45) is 5.92 Å². The van der Waals surface area contributed by atoms with Crippen LogP contribution in [-0.2, 0) is 11.3 Å². The van der Waals surface area contributed by atoms with Crippen molar-refractivity contribution >= 4 is 11.6 Å². The number of alkyl halides is 1. The third kappa shape index (κ3) is 6.10. The molecule has 2 aromatic carbocycles. The van der Waals surface area contributed by atoms with E-state index >= 15 is 4.39 Å². The smallest absolute Gasteiger partial charge is 0.280 e. The summed E-state index contributed by atoms with van der Waals surface area (Å²) in [6.45, 7) is 0.504. The number of rotatable bonds is 6. The molecule has 2 heterocycles. The van der Waals surface area contributed by atoms with Crippen LogP contribution in [0.5, 0.6) is 11.6 Å². The Kier molecular flexibility index (Phi) is 7.82. The second kappa shape index (κ2) is 11.3. The topological polar surface area (TPSA) is 111 Å². The molecule has 1 saturated heterocycles. The predicted octanol–water partition coefficient (Wildman–Crippen LogP) is 4.04. The highest BCUT2D eigenvalue weighted by atomic mass is 19.1. The molecule has 1 saturated carbocycles. The number of piperidine rings is 1. The minimum Gasteiger partial charge on any atom is -0.437 e. The number of hydrogen-bond donors (Lipinski definition) is 2. The van der Waals surface area contributed by atoms with Crippen LogP contribution in [0, 0.1) is 24.1 Å². The van der Waals surface area contributed by atoms with Gasteiger partial charge >= 0.3 is 0 Å². The molecule has 41 heavy (non-hydrogen) atoms. The van der Waals surface area contributed by atoms with Gasteiger partial charge in [0.25, 0.3) is 5.56 Å². The van der Waals surface area contributed by atoms with Crippen molar-refractivity contribution < 1.29 is 23.4 Å². The number of aliphatic hydroxyl groups is 1. The van der Waals surface area contributed by atoms with E-state index in [1.165, 1.54) is 35.2 Å². The molecule has 2 fully saturated rings. The van der Waals surface area contributed by atoms with Crippen LogP contribution >= 0.6 is 0 Å². The predicted molar refractivity (Wildman–Crippen MR) is 149 cm³/mol. The molecule has 1 aromatic heterocycles. The number of ether oxygens (including phenoxy) is 1. The largest absolute Gasteiger partial charge is 0.437 e. The zero-order valence-corrected chi connectivity index (χ0v) is 22.5. The number of aromatic nitrogens is 2. The van der Waals surface area contributed by atoms with Crippen LogP contribution in [0.3, 0.4) is 0 Å². The third-order valence-electron chi connectivity index (χ3n) is 8.22. The van der Waals surface area contributed by atoms with E-state index in [9.17, 15) is 19.1 Å². The maximum Gasteiger partial charge on any atom is 0.280 e. The van der Waals surface area contributed by atoms with Gasteiger partial charge in [0.1, 0.15) is 17.9 Å². The number of benzene rings is 2. The van der Waals surface area contributed by atoms with Crippen LogP contribution in [0.15, 0.2) is 65.7 Å². The summed E-state index contributed by atoms with van der Waals surface area (Å²) in [4.78, 5) is 32.4. The second-order valence-electron chi connectivity index (χ2n) is 11.0. The van der Waals surface area contributed by atoms with Crippen LogP contribution in [0.4, 0.5) is 14.5 Å². The molecular weight excluding hydrogens is 530 g/mol. The van der Waals surface area contributed by atoms with Crippen LogP contribution in [0.1, 0.15) is 43.6 Å². The SMILES string of the molecule is C#C[C@@]1(F)CC[C@@H](C(=O)N2CCC(O)(Cn3cnc(Oc4ccc(F)cc4)c(N)c3=O)CC2)[C@H](c2ccccc2)C1. The van der Waals surface area contributed by atoms with Crippen molar-refractivity contribution in [2.45, 2.75) is 55.8 Å². The number of carbonyl (C=O) groups excluding carboxylic acids is 1. The number of nitrogen functional groups attached to an aromatic ring is 1. The monoisotopic (exact) mass is 562 g/mol. The lowest BCUT2D eigenvalue weighted by atomic mass is 9.69. The highest BCUT2D eigenvalue weighted by Gasteiger charge is 2.45. The zero-order chi connectivity index (χ0) is 29.2. The molecule has 1 amide bonds. The summed E-state index contributed by atoms with van der Waals surface area (Å²) in [5, 5.41) is 11.3. The van der Waals surface area contributed by atoms with E-state index in [-0.39, 0.29) is 74.5 Å². The minimum absolute atomic E-state index is 0.0650. The Morgan fingerprint density at radius 2 is 1.83 bits per heavy atom. The number of anilines is 1. The van der Waals surface area contributed by atoms with Gasteiger partial charge in [0.2, 0.25) is 11.8 Å². The first-order chi connectivity index (χ1) is 19.6. The summed E-state index contributed by atoms with van der Waals surface area (Å²) in [5.41, 5.74) is 3.02. The Labute approximate surface area is 236 Å². The van der Waals surface area contributed by atoms with Crippen molar-refractivity contribution in [1.29, 1.82) is 0 Å². The standard InChI is InChI=1S/C31H32F2N4O4/c1-2-30(33)13-12-24(25(18-30)21-6-4-3-5-7-21)28(38)36-16-14-31(40,15-17-36)19-37-20-35-27(26(34)29(37)39)41-23-10-8-22(32)9-11-23/h1,3-11,20,24-25,40H,12-19,34H2/t24-,25+,30-/m1/s1. The molecule has 3 atom stereocenters. The summed E-state index contributed by atoms with van der Waals surface area (Å²) in [6.07, 6.45) is 7.76. The number of likely N-dealkylation sites (tertiary alicyclic amines) is 1. The van der Waals surface area contributed by atoms with Gasteiger partial charge in [-0.05, 0) is 61.4 Å². The zero-order valence-electron chi connectivity index (χ0n) is 22.5. The van der Waals surface area contributed by atoms with Gasteiger partial charge in [0.15, 0.2) is 11.4 Å². The minimum atomic E-state index is -1.75. The molecule has 1 aliphatic carbocycles. The number of halogens is 2. The van der Waals surface area contributed by atoms with Crippen molar-refractivity contribution in [1.82, 2.24) is 14.5 Å². The molecule has 0 bridgehead atoms. The molecule has 8 nitrogen and oxygen atoms in total. The lowest BCUT2D eigenvalue weighted by Crippen LogP contribution is -2.52. The average Bonchev–Trinajstić information content (AvgIpc) is 2.98. The Morgan fingerprint density at radius 3 is 2.49 bits per heavy atom. The average molecular weight is 563 g/mol. The summed E-state index contributed by atoms with van der Waals surface area (Å²) < 4.78 is 35.1. The molecule has 5 rings (SSSR count). The fraction of sp³-hybridized carbons (Fsp3) is 0.387. The van der Waals surface area contributed by atoms with E-state index in [0.29, 0.717) is 6.42 Å². The lowest BCUT2D eigenvalue weighted by molar-refractivity contribution is -0.142. The lowest BCUT2D eigenvalue weighted by Gasteiger charge is -2.43. The first-order valence-corrected chi connectivity index (χ1v) is 13.6. The Balaban J connectivity index is 1.25. The number of amides is 1. The Morgan fingerprint density at radius 1 is 1.15 bits per heavy atom. The maximum atomic E-state index is 15.2. The summed E-state index contributed by atoms with van der Waals surface area (Å²) in [6, 6.07) is 14.6. The molecule has 0 unspecified atom stereocenters. The van der Waals surface area contributed by atoms with Gasteiger partial charge in [0.05, 0.1) is 12.1 Å². The number of hydrogen-bond acceptors (Lipinski definition) is 6. The maximum absolute atomic E-state index is 15.2. The highest BCUT2D eigenvalue weighted by Crippen LogP contribution is 2.45. The first-order valence-electron chi connectivity index (χ1n) is 13.6. The van der Waals surface area contributed by atoms with E-state index < -0.39 is 28.6 Å². The van der Waals surface area contributed by atoms with Crippen LogP contribution in [0.25, 0.3) is 0 Å². The molecule has 0 radical (unpaired) electrons. The van der Waals surface area contributed by atoms with Gasteiger partial charge in [-0.25, -0.2) is 13.8 Å². The van der Waals surface area contributed by atoms with Gasteiger partial charge in [-0.15, -0.1) is 6.42 Å². The first kappa shape index (κ1) is 28.3. The summed E-state index contributed by atoms with van der Waals surface area (Å²) in [5.74, 6) is 1.17. The van der Waals surface area contributed by atoms with E-state index in [1.54, 1.807) is 4.90 Å². The van der Waals surface area contributed by atoms with Gasteiger partial charge in [-0.1, -0.05) is 36.3 Å². The van der Waals surface area contributed by atoms with Crippen molar-refractivity contribution in [3.63, 3.8) is 0 Å². The number of nitrogens with zero attached hydrogens (tertiary/aromatic N) is 3. The Bertz CT molecular complexity index is 1500. The summed E-state index contributed by atoms with van der Waals surface area (Å²) in [7, 11) is 0. The fourth-order valence-electron chi connectivity index (χ4n) is 5.81. The van der Waals surface area contributed by atoms with Gasteiger partial charge < -0.3 is 20.5 Å². The summed E-state index contributed by atoms with van der Waals surface area (Å²) >= 11 is 0.